The lowest BCUT2D eigenvalue weighted by Crippen LogP contribution is -2.18. The minimum absolute atomic E-state index is 0.424. The van der Waals surface area contributed by atoms with Gasteiger partial charge in [-0.2, -0.15) is 0 Å². The van der Waals surface area contributed by atoms with Crippen LogP contribution in [0, 0.1) is 0 Å². The molecule has 0 radical (unpaired) electrons. The quantitative estimate of drug-likeness (QED) is 0.341. The maximum atomic E-state index is 9.18. The number of rotatable bonds is 4. The van der Waals surface area contributed by atoms with Crippen molar-refractivity contribution in [2.24, 2.45) is 5.11 Å². The van der Waals surface area contributed by atoms with E-state index in [1.807, 2.05) is 0 Å². The van der Waals surface area contributed by atoms with Crippen LogP contribution < -0.4 is 0 Å². The summed E-state index contributed by atoms with van der Waals surface area (Å²) in [6.45, 7) is 0. The zero-order chi connectivity index (χ0) is 10.4. The Hall–Kier alpha value is -1.49. The molecule has 1 rings (SSSR count). The van der Waals surface area contributed by atoms with Gasteiger partial charge in [-0.15, -0.1) is 0 Å². The van der Waals surface area contributed by atoms with Gasteiger partial charge in [-0.25, -0.2) is 0 Å². The number of azide groups is 1. The second kappa shape index (κ2) is 5.29. The minimum Gasteiger partial charge on any atom is -0.427 e. The Balaban J connectivity index is 2.68. The second-order valence-corrected chi connectivity index (χ2v) is 2.75. The fourth-order valence-corrected chi connectivity index (χ4v) is 1.04. The number of hydrogen-bond donors (Lipinski definition) is 1. The van der Waals surface area contributed by atoms with E-state index in [9.17, 15) is 5.02 Å². The van der Waals surface area contributed by atoms with Gasteiger partial charge in [0, 0.05) is 24.0 Å². The summed E-state index contributed by atoms with van der Waals surface area (Å²) in [5, 5.41) is 12.6. The van der Waals surface area contributed by atoms with E-state index in [1.165, 1.54) is 7.11 Å². The van der Waals surface area contributed by atoms with Crippen LogP contribution in [0.1, 0.15) is 5.56 Å². The average Bonchev–Trinajstić information content (AvgIpc) is 2.21. The van der Waals surface area contributed by atoms with Crippen LogP contribution in [0.15, 0.2) is 29.4 Å². The summed E-state index contributed by atoms with van der Waals surface area (Å²) in [5.41, 5.74) is 9.66. The van der Waals surface area contributed by atoms with Crippen LogP contribution in [0.4, 0.5) is 5.69 Å². The first-order valence-electron chi connectivity index (χ1n) is 4.11. The first kappa shape index (κ1) is 10.6. The molecule has 0 spiro atoms. The molecule has 0 saturated heterocycles. The van der Waals surface area contributed by atoms with Crippen LogP contribution in [0.25, 0.3) is 10.4 Å². The molecule has 0 amide bonds. The van der Waals surface area contributed by atoms with Crippen molar-refractivity contribution in [1.82, 2.24) is 0 Å². The van der Waals surface area contributed by atoms with Gasteiger partial charge in [0.25, 0.3) is 0 Å². The Bertz CT molecular complexity index is 335. The number of hydrogen-bond acceptors (Lipinski definition) is 3. The predicted octanol–water partition coefficient (Wildman–Crippen LogP) is 1.84. The van der Waals surface area contributed by atoms with Gasteiger partial charge < -0.3 is 9.68 Å². The van der Waals surface area contributed by atoms with Crippen molar-refractivity contribution >= 4 is 12.8 Å². The fraction of sp³-hybridized carbons (Fsp3) is 0.250. The second-order valence-electron chi connectivity index (χ2n) is 2.75. The monoisotopic (exact) mass is 191 g/mol. The summed E-state index contributed by atoms with van der Waals surface area (Å²) >= 11 is 0. The Morgan fingerprint density at radius 2 is 2.14 bits per heavy atom. The van der Waals surface area contributed by atoms with Gasteiger partial charge in [-0.3, -0.25) is 0 Å². The molecule has 0 aromatic heterocycles. The molecule has 0 aliphatic rings. The SMILES string of the molecule is COB(O)Cc1ccc(N=[N+]=[N-])cc1. The summed E-state index contributed by atoms with van der Waals surface area (Å²) in [7, 11) is 0.652. The standard InChI is InChI=1S/C8H10BN3O2/c1-14-9(13)6-7-2-4-8(5-3-7)11-12-10/h2-5,13H,6H2,1H3. The fourth-order valence-electron chi connectivity index (χ4n) is 1.04. The van der Waals surface area contributed by atoms with Gasteiger partial charge in [0.2, 0.25) is 0 Å². The Kier molecular flexibility index (Phi) is 4.00. The van der Waals surface area contributed by atoms with E-state index < -0.39 is 7.12 Å². The lowest BCUT2D eigenvalue weighted by molar-refractivity contribution is 0.325. The average molecular weight is 191 g/mol. The van der Waals surface area contributed by atoms with E-state index in [2.05, 4.69) is 10.0 Å². The number of benzene rings is 1. The summed E-state index contributed by atoms with van der Waals surface area (Å²) in [6.07, 6.45) is 0.424. The molecule has 0 heterocycles. The summed E-state index contributed by atoms with van der Waals surface area (Å²) in [6, 6.07) is 6.95. The molecule has 0 fully saturated rings. The molecule has 0 atom stereocenters. The summed E-state index contributed by atoms with van der Waals surface area (Å²) < 4.78 is 4.71. The third kappa shape index (κ3) is 3.10. The van der Waals surface area contributed by atoms with Crippen molar-refractivity contribution in [2.45, 2.75) is 6.32 Å². The number of nitrogens with zero attached hydrogens (tertiary/aromatic N) is 3. The normalized spacial score (nSPS) is 9.29. The van der Waals surface area contributed by atoms with E-state index in [0.717, 1.165) is 5.56 Å². The van der Waals surface area contributed by atoms with E-state index in [4.69, 9.17) is 10.2 Å². The van der Waals surface area contributed by atoms with Crippen LogP contribution in [-0.2, 0) is 11.0 Å². The zero-order valence-electron chi connectivity index (χ0n) is 7.79. The van der Waals surface area contributed by atoms with Gasteiger partial charge in [-0.05, 0) is 11.1 Å². The highest BCUT2D eigenvalue weighted by molar-refractivity contribution is 6.42. The molecule has 14 heavy (non-hydrogen) atoms. The van der Waals surface area contributed by atoms with Crippen LogP contribution in [0.2, 0.25) is 0 Å². The highest BCUT2D eigenvalue weighted by Crippen LogP contribution is 2.13. The molecule has 1 N–H and O–H groups in total. The molecule has 0 saturated carbocycles. The van der Waals surface area contributed by atoms with Crippen molar-refractivity contribution in [1.29, 1.82) is 0 Å². The first-order valence-corrected chi connectivity index (χ1v) is 4.11. The van der Waals surface area contributed by atoms with Gasteiger partial charge in [-0.1, -0.05) is 29.4 Å². The molecular formula is C8H10BN3O2. The molecule has 0 aliphatic carbocycles. The van der Waals surface area contributed by atoms with E-state index >= 15 is 0 Å². The molecule has 5 nitrogen and oxygen atoms in total. The Labute approximate surface area is 82.1 Å². The molecule has 0 unspecified atom stereocenters. The topological polar surface area (TPSA) is 78.2 Å². The van der Waals surface area contributed by atoms with Crippen LogP contribution in [0.3, 0.4) is 0 Å². The lowest BCUT2D eigenvalue weighted by atomic mass is 9.81. The van der Waals surface area contributed by atoms with Crippen molar-refractivity contribution < 1.29 is 9.68 Å². The highest BCUT2D eigenvalue weighted by atomic mass is 16.5. The lowest BCUT2D eigenvalue weighted by Gasteiger charge is -2.03. The maximum Gasteiger partial charge on any atom is 0.458 e. The Morgan fingerprint density at radius 1 is 1.50 bits per heavy atom. The summed E-state index contributed by atoms with van der Waals surface area (Å²) in [4.78, 5) is 2.66. The smallest absolute Gasteiger partial charge is 0.427 e. The molecule has 1 aromatic carbocycles. The van der Waals surface area contributed by atoms with E-state index in [0.29, 0.717) is 12.0 Å². The largest absolute Gasteiger partial charge is 0.458 e. The molecular weight excluding hydrogens is 181 g/mol. The summed E-state index contributed by atoms with van der Waals surface area (Å²) in [5.74, 6) is 0. The van der Waals surface area contributed by atoms with Gasteiger partial charge >= 0.3 is 7.12 Å². The van der Waals surface area contributed by atoms with Gasteiger partial charge in [0.05, 0.1) is 0 Å². The third-order valence-corrected chi connectivity index (χ3v) is 1.78. The van der Waals surface area contributed by atoms with E-state index in [-0.39, 0.29) is 0 Å². The van der Waals surface area contributed by atoms with Crippen LogP contribution in [-0.4, -0.2) is 19.3 Å². The van der Waals surface area contributed by atoms with Crippen LogP contribution in [0.5, 0.6) is 0 Å². The van der Waals surface area contributed by atoms with Gasteiger partial charge in [0.15, 0.2) is 0 Å². The molecule has 72 valence electrons. The predicted molar refractivity (Wildman–Crippen MR) is 53.9 cm³/mol. The van der Waals surface area contributed by atoms with Crippen molar-refractivity contribution in [3.05, 3.63) is 40.3 Å². The maximum absolute atomic E-state index is 9.18. The highest BCUT2D eigenvalue weighted by Gasteiger charge is 2.10. The minimum atomic E-state index is -0.791. The third-order valence-electron chi connectivity index (χ3n) is 1.78. The van der Waals surface area contributed by atoms with E-state index in [1.54, 1.807) is 24.3 Å². The van der Waals surface area contributed by atoms with Crippen molar-refractivity contribution in [3.8, 4) is 0 Å². The molecule has 0 bridgehead atoms. The molecule has 1 aromatic rings. The molecule has 6 heteroatoms. The van der Waals surface area contributed by atoms with Crippen molar-refractivity contribution in [3.63, 3.8) is 0 Å². The first-order chi connectivity index (χ1) is 6.76. The van der Waals surface area contributed by atoms with Crippen molar-refractivity contribution in [2.75, 3.05) is 7.11 Å². The zero-order valence-corrected chi connectivity index (χ0v) is 7.79. The Morgan fingerprint density at radius 3 is 2.64 bits per heavy atom. The molecule has 0 aliphatic heterocycles. The van der Waals surface area contributed by atoms with Crippen LogP contribution >= 0.6 is 0 Å². The van der Waals surface area contributed by atoms with Gasteiger partial charge in [0.1, 0.15) is 0 Å².